The van der Waals surface area contributed by atoms with Gasteiger partial charge >= 0.3 is 12.2 Å². The molecule has 0 aliphatic heterocycles. The van der Waals surface area contributed by atoms with Gasteiger partial charge in [-0.3, -0.25) is 4.90 Å². The first-order chi connectivity index (χ1) is 7.83. The van der Waals surface area contributed by atoms with Crippen LogP contribution in [0.1, 0.15) is 13.3 Å². The van der Waals surface area contributed by atoms with Crippen molar-refractivity contribution in [2.24, 2.45) is 7.05 Å². The Hall–Kier alpha value is -1.53. The molecule has 0 atom stereocenters. The Morgan fingerprint density at radius 1 is 1.47 bits per heavy atom. The van der Waals surface area contributed by atoms with Gasteiger partial charge in [-0.1, -0.05) is 6.92 Å². The SMILES string of the molecule is CCCN(CC(F)(F)F)C(=O)n1cc[n+](C)c1. The van der Waals surface area contributed by atoms with Crippen LogP contribution in [0.3, 0.4) is 0 Å². The number of halogens is 3. The van der Waals surface area contributed by atoms with Crippen molar-refractivity contribution in [3.05, 3.63) is 18.7 Å². The molecule has 1 heterocycles. The summed E-state index contributed by atoms with van der Waals surface area (Å²) in [5, 5.41) is 0. The highest BCUT2D eigenvalue weighted by molar-refractivity contribution is 5.76. The molecule has 1 aromatic heterocycles. The fourth-order valence-corrected chi connectivity index (χ4v) is 1.46. The number of nitrogens with zero attached hydrogens (tertiary/aromatic N) is 3. The second kappa shape index (κ2) is 5.20. The van der Waals surface area contributed by atoms with E-state index in [0.29, 0.717) is 6.42 Å². The first-order valence-electron chi connectivity index (χ1n) is 5.22. The molecule has 0 unspecified atom stereocenters. The van der Waals surface area contributed by atoms with E-state index < -0.39 is 18.8 Å². The number of carbonyl (C=O) groups excluding carboxylic acids is 1. The Bertz CT molecular complexity index is 386. The maximum absolute atomic E-state index is 12.3. The predicted molar refractivity (Wildman–Crippen MR) is 54.3 cm³/mol. The summed E-state index contributed by atoms with van der Waals surface area (Å²) in [6, 6.07) is -0.662. The second-order valence-electron chi connectivity index (χ2n) is 3.81. The van der Waals surface area contributed by atoms with Crippen molar-refractivity contribution in [2.45, 2.75) is 19.5 Å². The van der Waals surface area contributed by atoms with E-state index in [1.807, 2.05) is 0 Å². The molecule has 0 bridgehead atoms. The van der Waals surface area contributed by atoms with Crippen LogP contribution < -0.4 is 4.57 Å². The highest BCUT2D eigenvalue weighted by atomic mass is 19.4. The van der Waals surface area contributed by atoms with E-state index in [9.17, 15) is 18.0 Å². The molecular weight excluding hydrogens is 235 g/mol. The van der Waals surface area contributed by atoms with E-state index >= 15 is 0 Å². The number of aryl methyl sites for hydroxylation is 1. The highest BCUT2D eigenvalue weighted by Crippen LogP contribution is 2.17. The standard InChI is InChI=1S/C10H15F3N3O/c1-3-4-15(7-10(11,12)13)9(17)16-6-5-14(2)8-16/h5-6,8H,3-4,7H2,1-2H3/q+1. The minimum absolute atomic E-state index is 0.0836. The molecule has 0 N–H and O–H groups in total. The number of rotatable bonds is 3. The predicted octanol–water partition coefficient (Wildman–Crippen LogP) is 1.56. The topological polar surface area (TPSA) is 29.1 Å². The van der Waals surface area contributed by atoms with Crippen LogP contribution >= 0.6 is 0 Å². The summed E-state index contributed by atoms with van der Waals surface area (Å²) in [4.78, 5) is 12.6. The minimum atomic E-state index is -4.37. The fourth-order valence-electron chi connectivity index (χ4n) is 1.46. The third-order valence-electron chi connectivity index (χ3n) is 2.12. The van der Waals surface area contributed by atoms with Gasteiger partial charge in [0.25, 0.3) is 6.33 Å². The van der Waals surface area contributed by atoms with E-state index in [-0.39, 0.29) is 6.54 Å². The van der Waals surface area contributed by atoms with Crippen LogP contribution in [0.15, 0.2) is 18.7 Å². The van der Waals surface area contributed by atoms with Crippen LogP contribution in [-0.2, 0) is 7.05 Å². The summed E-state index contributed by atoms with van der Waals surface area (Å²) in [5.41, 5.74) is 0. The van der Waals surface area contributed by atoms with E-state index in [0.717, 1.165) is 9.47 Å². The molecule has 0 saturated carbocycles. The molecule has 0 fully saturated rings. The lowest BCUT2D eigenvalue weighted by Crippen LogP contribution is -2.41. The van der Waals surface area contributed by atoms with Gasteiger partial charge in [0, 0.05) is 6.54 Å². The van der Waals surface area contributed by atoms with Gasteiger partial charge in [-0.15, -0.1) is 0 Å². The molecular formula is C10H15F3N3O+. The Morgan fingerprint density at radius 3 is 2.53 bits per heavy atom. The van der Waals surface area contributed by atoms with Crippen LogP contribution in [0.25, 0.3) is 0 Å². The molecule has 1 amide bonds. The van der Waals surface area contributed by atoms with Crippen LogP contribution in [0, 0.1) is 0 Å². The van der Waals surface area contributed by atoms with Crippen LogP contribution in [0.2, 0.25) is 0 Å². The zero-order valence-corrected chi connectivity index (χ0v) is 9.74. The summed E-state index contributed by atoms with van der Waals surface area (Å²) in [6.45, 7) is 0.591. The monoisotopic (exact) mass is 250 g/mol. The summed E-state index contributed by atoms with van der Waals surface area (Å²) in [7, 11) is 1.69. The zero-order chi connectivity index (χ0) is 13.1. The quantitative estimate of drug-likeness (QED) is 0.748. The number of hydrogen-bond acceptors (Lipinski definition) is 1. The number of hydrogen-bond donors (Lipinski definition) is 0. The largest absolute Gasteiger partial charge is 0.416 e. The number of amides is 1. The zero-order valence-electron chi connectivity index (χ0n) is 9.74. The number of aromatic nitrogens is 2. The van der Waals surface area contributed by atoms with Gasteiger partial charge in [-0.25, -0.2) is 9.36 Å². The average Bonchev–Trinajstić information content (AvgIpc) is 2.61. The van der Waals surface area contributed by atoms with Crippen molar-refractivity contribution in [1.29, 1.82) is 0 Å². The molecule has 0 spiro atoms. The Kier molecular flexibility index (Phi) is 4.14. The molecule has 1 rings (SSSR count). The van der Waals surface area contributed by atoms with Crippen molar-refractivity contribution >= 4 is 6.03 Å². The number of carbonyl (C=O) groups is 1. The second-order valence-corrected chi connectivity index (χ2v) is 3.81. The molecule has 4 nitrogen and oxygen atoms in total. The van der Waals surface area contributed by atoms with Crippen LogP contribution in [-0.4, -0.2) is 34.8 Å². The molecule has 0 aliphatic carbocycles. The summed E-state index contributed by atoms with van der Waals surface area (Å²) in [6.07, 6.45) is 0.563. The molecule has 0 radical (unpaired) electrons. The lowest BCUT2D eigenvalue weighted by atomic mass is 10.4. The van der Waals surface area contributed by atoms with E-state index in [2.05, 4.69) is 0 Å². The van der Waals surface area contributed by atoms with Gasteiger partial charge in [-0.2, -0.15) is 17.7 Å². The summed E-state index contributed by atoms with van der Waals surface area (Å²) < 4.78 is 39.6. The molecule has 0 saturated heterocycles. The van der Waals surface area contributed by atoms with Gasteiger partial charge in [0.05, 0.1) is 7.05 Å². The average molecular weight is 250 g/mol. The smallest absolute Gasteiger partial charge is 0.295 e. The maximum atomic E-state index is 12.3. The lowest BCUT2D eigenvalue weighted by Gasteiger charge is -2.20. The third-order valence-corrected chi connectivity index (χ3v) is 2.12. The van der Waals surface area contributed by atoms with Gasteiger partial charge in [0.1, 0.15) is 18.9 Å². The van der Waals surface area contributed by atoms with Gasteiger partial charge in [0.15, 0.2) is 0 Å². The van der Waals surface area contributed by atoms with Crippen molar-refractivity contribution in [3.63, 3.8) is 0 Å². The molecule has 0 aliphatic rings. The maximum Gasteiger partial charge on any atom is 0.416 e. The molecule has 1 aromatic rings. The fraction of sp³-hybridized carbons (Fsp3) is 0.600. The van der Waals surface area contributed by atoms with Gasteiger partial charge < -0.3 is 0 Å². The van der Waals surface area contributed by atoms with Crippen LogP contribution in [0.5, 0.6) is 0 Å². The van der Waals surface area contributed by atoms with E-state index in [1.165, 1.54) is 12.5 Å². The number of imidazole rings is 1. The van der Waals surface area contributed by atoms with Crippen molar-refractivity contribution in [2.75, 3.05) is 13.1 Å². The molecule has 17 heavy (non-hydrogen) atoms. The number of alkyl halides is 3. The minimum Gasteiger partial charge on any atom is -0.295 e. The normalized spacial score (nSPS) is 11.6. The van der Waals surface area contributed by atoms with E-state index in [1.54, 1.807) is 24.7 Å². The first kappa shape index (κ1) is 13.5. The highest BCUT2D eigenvalue weighted by Gasteiger charge is 2.34. The van der Waals surface area contributed by atoms with Gasteiger partial charge in [-0.05, 0) is 6.42 Å². The van der Waals surface area contributed by atoms with E-state index in [4.69, 9.17) is 0 Å². The van der Waals surface area contributed by atoms with Crippen molar-refractivity contribution in [3.8, 4) is 0 Å². The Morgan fingerprint density at radius 2 is 2.12 bits per heavy atom. The first-order valence-corrected chi connectivity index (χ1v) is 5.22. The lowest BCUT2D eigenvalue weighted by molar-refractivity contribution is -0.670. The summed E-state index contributed by atoms with van der Waals surface area (Å²) >= 11 is 0. The van der Waals surface area contributed by atoms with Crippen LogP contribution in [0.4, 0.5) is 18.0 Å². The van der Waals surface area contributed by atoms with Crippen molar-refractivity contribution < 1.29 is 22.5 Å². The summed E-state index contributed by atoms with van der Waals surface area (Å²) in [5.74, 6) is 0. The Labute approximate surface area is 97.3 Å². The van der Waals surface area contributed by atoms with Gasteiger partial charge in [0.2, 0.25) is 0 Å². The molecule has 96 valence electrons. The van der Waals surface area contributed by atoms with Crippen molar-refractivity contribution in [1.82, 2.24) is 9.47 Å². The third kappa shape index (κ3) is 4.08. The molecule has 7 heteroatoms. The Balaban J connectivity index is 2.80. The molecule has 0 aromatic carbocycles.